The molecule has 1 aromatic carbocycles. The van der Waals surface area contributed by atoms with Gasteiger partial charge in [-0.25, -0.2) is 0 Å². The lowest BCUT2D eigenvalue weighted by molar-refractivity contribution is 0.0439. The smallest absolute Gasteiger partial charge is 0.121 e. The number of aryl methyl sites for hydroxylation is 1. The molecule has 1 fully saturated rings. The molecule has 1 N–H and O–H groups in total. The maximum atomic E-state index is 9.84. The van der Waals surface area contributed by atoms with Crippen molar-refractivity contribution in [2.45, 2.75) is 26.2 Å². The highest BCUT2D eigenvalue weighted by atomic mass is 16.5. The molecule has 3 nitrogen and oxygen atoms in total. The van der Waals surface area contributed by atoms with Crippen LogP contribution in [0.5, 0.6) is 5.75 Å². The number of aliphatic hydroxyl groups is 1. The molecular formula is C16H25NO2. The first-order chi connectivity index (χ1) is 9.08. The van der Waals surface area contributed by atoms with Crippen molar-refractivity contribution < 1.29 is 9.84 Å². The summed E-state index contributed by atoms with van der Waals surface area (Å²) in [6, 6.07) is 6.34. The lowest BCUT2D eigenvalue weighted by atomic mass is 9.76. The van der Waals surface area contributed by atoms with Gasteiger partial charge >= 0.3 is 0 Å². The zero-order valence-corrected chi connectivity index (χ0v) is 12.3. The van der Waals surface area contributed by atoms with Crippen LogP contribution in [0.15, 0.2) is 18.2 Å². The number of piperidine rings is 1. The van der Waals surface area contributed by atoms with Gasteiger partial charge in [-0.1, -0.05) is 12.1 Å². The van der Waals surface area contributed by atoms with Crippen molar-refractivity contribution in [3.05, 3.63) is 29.3 Å². The summed E-state index contributed by atoms with van der Waals surface area (Å²) < 4.78 is 5.30. The van der Waals surface area contributed by atoms with Crippen LogP contribution in [0.4, 0.5) is 0 Å². The first kappa shape index (κ1) is 14.4. The van der Waals surface area contributed by atoms with Gasteiger partial charge in [0.25, 0.3) is 0 Å². The molecular weight excluding hydrogens is 238 g/mol. The first-order valence-corrected chi connectivity index (χ1v) is 7.01. The van der Waals surface area contributed by atoms with E-state index >= 15 is 0 Å². The molecule has 1 atom stereocenters. The zero-order chi connectivity index (χ0) is 13.9. The number of methoxy groups -OCH3 is 1. The molecule has 0 saturated carbocycles. The van der Waals surface area contributed by atoms with E-state index in [9.17, 15) is 5.11 Å². The lowest BCUT2D eigenvalue weighted by Gasteiger charge is -2.40. The molecule has 1 saturated heterocycles. The summed E-state index contributed by atoms with van der Waals surface area (Å²) in [5.41, 5.74) is 2.48. The second kappa shape index (κ2) is 5.93. The molecule has 1 aliphatic rings. The Bertz CT molecular complexity index is 433. The summed E-state index contributed by atoms with van der Waals surface area (Å²) in [6.45, 7) is 4.46. The maximum Gasteiger partial charge on any atom is 0.121 e. The summed E-state index contributed by atoms with van der Waals surface area (Å²) >= 11 is 0. The molecule has 106 valence electrons. The minimum atomic E-state index is 0.0219. The van der Waals surface area contributed by atoms with Crippen LogP contribution >= 0.6 is 0 Å². The van der Waals surface area contributed by atoms with Crippen molar-refractivity contribution in [3.63, 3.8) is 0 Å². The van der Waals surface area contributed by atoms with Crippen LogP contribution in [-0.2, 0) is 6.42 Å². The third kappa shape index (κ3) is 3.28. The largest absolute Gasteiger partial charge is 0.496 e. The first-order valence-electron chi connectivity index (χ1n) is 7.01. The van der Waals surface area contributed by atoms with E-state index in [4.69, 9.17) is 4.74 Å². The van der Waals surface area contributed by atoms with E-state index in [1.807, 2.05) is 6.07 Å². The second-order valence-electron chi connectivity index (χ2n) is 5.98. The highest BCUT2D eigenvalue weighted by Gasteiger charge is 2.33. The van der Waals surface area contributed by atoms with Gasteiger partial charge in [-0.3, -0.25) is 0 Å². The monoisotopic (exact) mass is 263 g/mol. The normalized spacial score (nSPS) is 24.4. The van der Waals surface area contributed by atoms with Gasteiger partial charge < -0.3 is 14.7 Å². The van der Waals surface area contributed by atoms with Crippen molar-refractivity contribution in [1.82, 2.24) is 4.90 Å². The van der Waals surface area contributed by atoms with Gasteiger partial charge in [0.15, 0.2) is 0 Å². The average molecular weight is 263 g/mol. The van der Waals surface area contributed by atoms with E-state index in [1.54, 1.807) is 7.11 Å². The van der Waals surface area contributed by atoms with Crippen molar-refractivity contribution >= 4 is 0 Å². The van der Waals surface area contributed by atoms with Gasteiger partial charge in [0.1, 0.15) is 5.75 Å². The van der Waals surface area contributed by atoms with E-state index in [1.165, 1.54) is 12.0 Å². The summed E-state index contributed by atoms with van der Waals surface area (Å²) in [4.78, 5) is 2.33. The van der Waals surface area contributed by atoms with E-state index in [0.717, 1.165) is 37.2 Å². The van der Waals surface area contributed by atoms with Crippen LogP contribution in [0, 0.1) is 12.3 Å². The molecule has 1 aliphatic heterocycles. The van der Waals surface area contributed by atoms with Gasteiger partial charge in [-0.15, -0.1) is 0 Å². The molecule has 2 rings (SSSR count). The fraction of sp³-hybridized carbons (Fsp3) is 0.625. The number of benzene rings is 1. The van der Waals surface area contributed by atoms with Crippen molar-refractivity contribution in [1.29, 1.82) is 0 Å². The topological polar surface area (TPSA) is 32.7 Å². The van der Waals surface area contributed by atoms with Crippen molar-refractivity contribution in [2.24, 2.45) is 5.41 Å². The minimum Gasteiger partial charge on any atom is -0.496 e. The van der Waals surface area contributed by atoms with Gasteiger partial charge in [-0.05, 0) is 57.0 Å². The van der Waals surface area contributed by atoms with Crippen LogP contribution in [0.1, 0.15) is 24.0 Å². The molecule has 1 heterocycles. The van der Waals surface area contributed by atoms with Crippen LogP contribution in [0.3, 0.4) is 0 Å². The average Bonchev–Trinajstić information content (AvgIpc) is 2.39. The molecule has 0 spiro atoms. The van der Waals surface area contributed by atoms with Gasteiger partial charge in [0.2, 0.25) is 0 Å². The highest BCUT2D eigenvalue weighted by molar-refractivity contribution is 5.36. The Hall–Kier alpha value is -1.06. The summed E-state index contributed by atoms with van der Waals surface area (Å²) in [6.07, 6.45) is 3.23. The summed E-state index contributed by atoms with van der Waals surface area (Å²) in [7, 11) is 3.84. The molecule has 1 aromatic rings. The molecule has 3 heteroatoms. The lowest BCUT2D eigenvalue weighted by Crippen LogP contribution is -2.44. The summed E-state index contributed by atoms with van der Waals surface area (Å²) in [5.74, 6) is 0.933. The standard InChI is InChI=1S/C16H25NO2/c1-13-9-14(5-6-15(13)19-3)10-16(12-18)7-4-8-17(2)11-16/h5-6,9,18H,4,7-8,10-12H2,1-3H3. The fourth-order valence-corrected chi connectivity index (χ4v) is 3.27. The number of hydrogen-bond acceptors (Lipinski definition) is 3. The molecule has 0 aromatic heterocycles. The quantitative estimate of drug-likeness (QED) is 0.904. The predicted molar refractivity (Wildman–Crippen MR) is 77.7 cm³/mol. The van der Waals surface area contributed by atoms with Crippen LogP contribution in [0.2, 0.25) is 0 Å². The molecule has 0 amide bonds. The van der Waals surface area contributed by atoms with Gasteiger partial charge in [-0.2, -0.15) is 0 Å². The number of rotatable bonds is 4. The van der Waals surface area contributed by atoms with Crippen molar-refractivity contribution in [3.8, 4) is 5.75 Å². The zero-order valence-electron chi connectivity index (χ0n) is 12.3. The molecule has 19 heavy (non-hydrogen) atoms. The Morgan fingerprint density at radius 1 is 1.42 bits per heavy atom. The Morgan fingerprint density at radius 2 is 2.21 bits per heavy atom. The number of hydrogen-bond donors (Lipinski definition) is 1. The Balaban J connectivity index is 2.16. The second-order valence-corrected chi connectivity index (χ2v) is 5.98. The van der Waals surface area contributed by atoms with E-state index in [2.05, 4.69) is 31.0 Å². The molecule has 1 unspecified atom stereocenters. The number of nitrogens with zero attached hydrogens (tertiary/aromatic N) is 1. The van der Waals surface area contributed by atoms with Crippen LogP contribution in [-0.4, -0.2) is 43.9 Å². The third-order valence-corrected chi connectivity index (χ3v) is 4.23. The third-order valence-electron chi connectivity index (χ3n) is 4.23. The van der Waals surface area contributed by atoms with E-state index in [-0.39, 0.29) is 12.0 Å². The molecule has 0 bridgehead atoms. The van der Waals surface area contributed by atoms with E-state index < -0.39 is 0 Å². The Kier molecular flexibility index (Phi) is 4.48. The van der Waals surface area contributed by atoms with Crippen LogP contribution in [0.25, 0.3) is 0 Å². The minimum absolute atomic E-state index is 0.0219. The summed E-state index contributed by atoms with van der Waals surface area (Å²) in [5, 5.41) is 9.84. The number of likely N-dealkylation sites (tertiary alicyclic amines) is 1. The molecule has 0 radical (unpaired) electrons. The fourth-order valence-electron chi connectivity index (χ4n) is 3.27. The van der Waals surface area contributed by atoms with Gasteiger partial charge in [0.05, 0.1) is 13.7 Å². The predicted octanol–water partition coefficient (Wildman–Crippen LogP) is 2.25. The Labute approximate surface area is 116 Å². The number of ether oxygens (including phenoxy) is 1. The van der Waals surface area contributed by atoms with Crippen LogP contribution < -0.4 is 4.74 Å². The number of aliphatic hydroxyl groups excluding tert-OH is 1. The Morgan fingerprint density at radius 3 is 2.79 bits per heavy atom. The molecule has 0 aliphatic carbocycles. The highest BCUT2D eigenvalue weighted by Crippen LogP contribution is 2.33. The van der Waals surface area contributed by atoms with Gasteiger partial charge in [0, 0.05) is 12.0 Å². The van der Waals surface area contributed by atoms with Crippen molar-refractivity contribution in [2.75, 3.05) is 33.9 Å². The SMILES string of the molecule is COc1ccc(CC2(CO)CCCN(C)C2)cc1C. The maximum absolute atomic E-state index is 9.84. The van der Waals surface area contributed by atoms with E-state index in [0.29, 0.717) is 0 Å².